The zero-order valence-corrected chi connectivity index (χ0v) is 34.6. The van der Waals surface area contributed by atoms with Crippen molar-refractivity contribution in [2.24, 2.45) is 4.99 Å². The molecular weight excluding hydrogens is 740 g/mol. The Morgan fingerprint density at radius 2 is 1.35 bits per heavy atom. The molecule has 57 heavy (non-hydrogen) atoms. The minimum absolute atomic E-state index is 0.00426. The highest BCUT2D eigenvalue weighted by Gasteiger charge is 2.49. The molecule has 2 aromatic rings. The fraction of sp³-hybridized carbons (Fsp3) is 0.561. The predicted octanol–water partition coefficient (Wildman–Crippen LogP) is 7.33. The number of carboxylic acids is 1. The summed E-state index contributed by atoms with van der Waals surface area (Å²) in [5.41, 5.74) is 1.19. The van der Waals surface area contributed by atoms with Crippen LogP contribution in [-0.4, -0.2) is 100 Å². The number of hydrogen-bond donors (Lipinski definition) is 3. The first kappa shape index (κ1) is 44.5. The van der Waals surface area contributed by atoms with Gasteiger partial charge in [-0.05, 0) is 111 Å². The molecule has 0 aromatic heterocycles. The van der Waals surface area contributed by atoms with E-state index in [9.17, 15) is 29.1 Å². The largest absolute Gasteiger partial charge is 0.479 e. The van der Waals surface area contributed by atoms with Crippen LogP contribution in [-0.2, 0) is 33.2 Å². The number of fused-ring (bicyclic) bond motifs is 3. The lowest BCUT2D eigenvalue weighted by molar-refractivity contribution is -0.166. The maximum absolute atomic E-state index is 13.7. The van der Waals surface area contributed by atoms with Crippen LogP contribution in [0.2, 0.25) is 0 Å². The van der Waals surface area contributed by atoms with Crippen molar-refractivity contribution >= 4 is 36.3 Å². The lowest BCUT2D eigenvalue weighted by Gasteiger charge is -2.30. The molecule has 1 fully saturated rings. The molecule has 3 N–H and O–H groups in total. The van der Waals surface area contributed by atoms with Crippen LogP contribution in [0.1, 0.15) is 106 Å². The van der Waals surface area contributed by atoms with Crippen LogP contribution >= 0.6 is 0 Å². The minimum atomic E-state index is -1.47. The van der Waals surface area contributed by atoms with Crippen LogP contribution in [0, 0.1) is 0 Å². The summed E-state index contributed by atoms with van der Waals surface area (Å²) in [6.07, 6.45) is -6.60. The number of guanidine groups is 1. The van der Waals surface area contributed by atoms with Crippen LogP contribution in [0.15, 0.2) is 53.5 Å². The van der Waals surface area contributed by atoms with E-state index in [-0.39, 0.29) is 31.9 Å². The highest BCUT2D eigenvalue weighted by Crippen LogP contribution is 2.44. The molecular formula is C41H56N4O12. The number of nitrogens with one attached hydrogen (secondary N) is 2. The van der Waals surface area contributed by atoms with Crippen LogP contribution in [0.3, 0.4) is 0 Å². The maximum Gasteiger partial charge on any atom is 0.437 e. The molecule has 4 rings (SSSR count). The van der Waals surface area contributed by atoms with Gasteiger partial charge in [0.05, 0.1) is 6.04 Å². The smallest absolute Gasteiger partial charge is 0.437 e. The van der Waals surface area contributed by atoms with Crippen molar-refractivity contribution < 1.29 is 57.5 Å². The first-order chi connectivity index (χ1) is 26.3. The van der Waals surface area contributed by atoms with Gasteiger partial charge in [-0.25, -0.2) is 28.9 Å². The van der Waals surface area contributed by atoms with Crippen LogP contribution in [0.25, 0.3) is 11.1 Å². The molecule has 1 aliphatic carbocycles. The van der Waals surface area contributed by atoms with Crippen molar-refractivity contribution in [3.05, 3.63) is 59.7 Å². The number of benzene rings is 2. The van der Waals surface area contributed by atoms with E-state index in [1.165, 1.54) is 0 Å². The van der Waals surface area contributed by atoms with Crippen LogP contribution < -0.4 is 10.6 Å². The Labute approximate surface area is 333 Å². The minimum Gasteiger partial charge on any atom is -0.479 e. The number of alkyl carbamates (subject to hydrolysis) is 2. The summed E-state index contributed by atoms with van der Waals surface area (Å²) in [7, 11) is 0. The topological polar surface area (TPSA) is 201 Å². The third-order valence-electron chi connectivity index (χ3n) is 8.39. The molecule has 2 aliphatic rings. The number of carboxylic acid groups (broad SMARTS) is 1. The molecule has 1 saturated heterocycles. The molecule has 1 heterocycles. The van der Waals surface area contributed by atoms with E-state index >= 15 is 0 Å². The van der Waals surface area contributed by atoms with E-state index in [4.69, 9.17) is 28.4 Å². The zero-order chi connectivity index (χ0) is 42.5. The molecule has 16 nitrogen and oxygen atoms in total. The number of rotatable bonds is 9. The molecule has 0 unspecified atom stereocenters. The predicted molar refractivity (Wildman–Crippen MR) is 209 cm³/mol. The molecule has 0 radical (unpaired) electrons. The number of aliphatic carboxylic acids is 1. The Bertz CT molecular complexity index is 1790. The summed E-state index contributed by atoms with van der Waals surface area (Å²) in [5.74, 6) is -3.41. The number of carbonyl (C=O) groups is 5. The molecule has 0 bridgehead atoms. The lowest BCUT2D eigenvalue weighted by atomic mass is 9.98. The molecule has 0 saturated carbocycles. The van der Waals surface area contributed by atoms with Gasteiger partial charge in [-0.3, -0.25) is 5.32 Å². The summed E-state index contributed by atoms with van der Waals surface area (Å²) < 4.78 is 33.9. The van der Waals surface area contributed by atoms with Crippen molar-refractivity contribution in [3.8, 4) is 11.1 Å². The van der Waals surface area contributed by atoms with Gasteiger partial charge in [0.25, 0.3) is 0 Å². The third kappa shape index (κ3) is 12.9. The Hall–Kier alpha value is -5.22. The van der Waals surface area contributed by atoms with Gasteiger partial charge in [0.1, 0.15) is 29.5 Å². The summed E-state index contributed by atoms with van der Waals surface area (Å²) in [6.45, 7) is 17.5. The Balaban J connectivity index is 1.61. The van der Waals surface area contributed by atoms with E-state index < -0.39 is 77.1 Å². The SMILES string of the molecule is CC(C)(C)OC(=O)/N=C(\NC(=O)OC(C)(C)C)N(CCC[C@H](NC(=O)OCC1c2ccccc2-c2ccccc21)[C@H]1OC(C)(C)O[C@H]1C(=O)O)C(=O)OC(C)(C)C. The van der Waals surface area contributed by atoms with Gasteiger partial charge >= 0.3 is 30.3 Å². The van der Waals surface area contributed by atoms with Crippen molar-refractivity contribution in [3.63, 3.8) is 0 Å². The number of carbonyl (C=O) groups excluding carboxylic acids is 4. The van der Waals surface area contributed by atoms with Gasteiger partial charge in [-0.1, -0.05) is 48.5 Å². The third-order valence-corrected chi connectivity index (χ3v) is 8.39. The van der Waals surface area contributed by atoms with Gasteiger partial charge in [-0.2, -0.15) is 0 Å². The average Bonchev–Trinajstić information content (AvgIpc) is 3.56. The standard InChI is InChI=1S/C41H56N4O12/c1-38(2,3)55-35(49)43-33(44-36(50)56-39(4,5)6)45(37(51)57-40(7,8)9)22-16-21-29(30-31(32(46)47)54-41(10,11)53-30)42-34(48)52-23-28-26-19-14-12-17-24(26)25-18-13-15-20-27(25)28/h12-15,17-20,28-31H,16,21-23H2,1-11H3,(H,42,48)(H,46,47)(H,43,44,49,50)/t29-,30+,31+/m0/s1. The highest BCUT2D eigenvalue weighted by atomic mass is 16.8. The molecule has 16 heteroatoms. The molecule has 4 amide bonds. The van der Waals surface area contributed by atoms with Crippen molar-refractivity contribution in [1.29, 1.82) is 0 Å². The maximum atomic E-state index is 13.7. The fourth-order valence-electron chi connectivity index (χ4n) is 6.38. The second-order valence-electron chi connectivity index (χ2n) is 17.3. The first-order valence-corrected chi connectivity index (χ1v) is 18.8. The number of hydrogen-bond acceptors (Lipinski definition) is 11. The number of amides is 4. The summed E-state index contributed by atoms with van der Waals surface area (Å²) in [4.78, 5) is 70.5. The number of aliphatic imine (C=N–C) groups is 1. The summed E-state index contributed by atoms with van der Waals surface area (Å²) >= 11 is 0. The average molecular weight is 797 g/mol. The van der Waals surface area contributed by atoms with E-state index in [2.05, 4.69) is 15.6 Å². The van der Waals surface area contributed by atoms with Gasteiger partial charge in [0.2, 0.25) is 5.96 Å². The first-order valence-electron chi connectivity index (χ1n) is 18.8. The Morgan fingerprint density at radius 1 is 0.807 bits per heavy atom. The molecule has 2 aromatic carbocycles. The van der Waals surface area contributed by atoms with Crippen molar-refractivity contribution in [2.45, 2.75) is 136 Å². The van der Waals surface area contributed by atoms with Gasteiger partial charge in [0.15, 0.2) is 11.9 Å². The van der Waals surface area contributed by atoms with Gasteiger partial charge in [-0.15, -0.1) is 4.99 Å². The van der Waals surface area contributed by atoms with Gasteiger partial charge < -0.3 is 38.8 Å². The highest BCUT2D eigenvalue weighted by molar-refractivity contribution is 6.05. The zero-order valence-electron chi connectivity index (χ0n) is 34.6. The molecule has 312 valence electrons. The van der Waals surface area contributed by atoms with Crippen molar-refractivity contribution in [1.82, 2.24) is 15.5 Å². The Morgan fingerprint density at radius 3 is 1.88 bits per heavy atom. The van der Waals surface area contributed by atoms with Crippen LogP contribution in [0.4, 0.5) is 19.2 Å². The second-order valence-corrected chi connectivity index (χ2v) is 17.3. The molecule has 0 spiro atoms. The monoisotopic (exact) mass is 796 g/mol. The summed E-state index contributed by atoms with van der Waals surface area (Å²) in [5, 5.41) is 15.3. The Kier molecular flexibility index (Phi) is 13.7. The van der Waals surface area contributed by atoms with Crippen molar-refractivity contribution in [2.75, 3.05) is 13.2 Å². The van der Waals surface area contributed by atoms with Gasteiger partial charge in [0, 0.05) is 12.5 Å². The quantitative estimate of drug-likeness (QED) is 0.130. The molecule has 1 aliphatic heterocycles. The number of nitrogens with zero attached hydrogens (tertiary/aromatic N) is 2. The normalized spacial score (nSPS) is 18.4. The van der Waals surface area contributed by atoms with Crippen LogP contribution in [0.5, 0.6) is 0 Å². The van der Waals surface area contributed by atoms with E-state index in [0.29, 0.717) is 0 Å². The second kappa shape index (κ2) is 17.5. The lowest BCUT2D eigenvalue weighted by Crippen LogP contribution is -2.52. The molecule has 3 atom stereocenters. The van der Waals surface area contributed by atoms with E-state index in [1.54, 1.807) is 76.2 Å². The van der Waals surface area contributed by atoms with E-state index in [0.717, 1.165) is 27.2 Å². The summed E-state index contributed by atoms with van der Waals surface area (Å²) in [6, 6.07) is 14.7. The fourth-order valence-corrected chi connectivity index (χ4v) is 6.38. The number of ether oxygens (including phenoxy) is 6. The van der Waals surface area contributed by atoms with E-state index in [1.807, 2.05) is 48.5 Å².